The summed E-state index contributed by atoms with van der Waals surface area (Å²) in [6.07, 6.45) is 1.35. The quantitative estimate of drug-likeness (QED) is 0.886. The van der Waals surface area contributed by atoms with E-state index in [4.69, 9.17) is 0 Å². The lowest BCUT2D eigenvalue weighted by Gasteiger charge is -2.03. The maximum absolute atomic E-state index is 11.7. The van der Waals surface area contributed by atoms with Crippen LogP contribution in [0.25, 0.3) is 0 Å². The van der Waals surface area contributed by atoms with Gasteiger partial charge >= 0.3 is 5.69 Å². The minimum atomic E-state index is -0.409. The topological polar surface area (TPSA) is 54.9 Å². The number of nitrogens with zero attached hydrogens (tertiary/aromatic N) is 1. The van der Waals surface area contributed by atoms with Gasteiger partial charge in [-0.3, -0.25) is 9.36 Å². The number of aromatic amines is 1. The molecule has 1 N–H and O–H groups in total. The molecule has 0 radical (unpaired) electrons. The zero-order valence-electron chi connectivity index (χ0n) is 7.87. The smallest absolute Gasteiger partial charge is 0.313 e. The molecule has 0 aliphatic carbocycles. The average Bonchev–Trinajstić information content (AvgIpc) is 2.65. The van der Waals surface area contributed by atoms with Crippen molar-refractivity contribution in [3.8, 4) is 0 Å². The molecule has 2 rings (SSSR count). The predicted molar refractivity (Wildman–Crippen MR) is 70.1 cm³/mol. The van der Waals surface area contributed by atoms with Gasteiger partial charge in [0.25, 0.3) is 5.56 Å². The molecule has 4 nitrogen and oxygen atoms in total. The summed E-state index contributed by atoms with van der Waals surface area (Å²) in [5.74, 6) is 0. The van der Waals surface area contributed by atoms with Crippen LogP contribution in [0.3, 0.4) is 0 Å². The molecule has 0 bridgehead atoms. The molecule has 2 aromatic rings. The number of thiophene rings is 1. The third-order valence-corrected chi connectivity index (χ3v) is 4.49. The van der Waals surface area contributed by atoms with Crippen LogP contribution < -0.4 is 11.2 Å². The maximum Gasteiger partial charge on any atom is 0.328 e. The van der Waals surface area contributed by atoms with Crippen molar-refractivity contribution in [1.29, 1.82) is 0 Å². The highest BCUT2D eigenvalue weighted by molar-refractivity contribution is 9.10. The Hall–Kier alpha value is -0.660. The van der Waals surface area contributed by atoms with Crippen molar-refractivity contribution >= 4 is 43.2 Å². The average molecular weight is 366 g/mol. The van der Waals surface area contributed by atoms with Crippen LogP contribution in [0.15, 0.2) is 36.2 Å². The van der Waals surface area contributed by atoms with E-state index in [1.54, 1.807) is 0 Å². The molecule has 0 saturated heterocycles. The van der Waals surface area contributed by atoms with Gasteiger partial charge in [0.15, 0.2) is 0 Å². The van der Waals surface area contributed by atoms with Crippen molar-refractivity contribution in [2.75, 3.05) is 0 Å². The molecule has 0 amide bonds. The Morgan fingerprint density at radius 2 is 2.06 bits per heavy atom. The van der Waals surface area contributed by atoms with Crippen LogP contribution in [0.2, 0.25) is 0 Å². The molecule has 84 valence electrons. The van der Waals surface area contributed by atoms with Crippen LogP contribution in [0.4, 0.5) is 0 Å². The molecule has 0 aromatic carbocycles. The Balaban J connectivity index is 2.51. The zero-order valence-corrected chi connectivity index (χ0v) is 11.9. The summed E-state index contributed by atoms with van der Waals surface area (Å²) >= 11 is 7.95. The van der Waals surface area contributed by atoms with E-state index in [9.17, 15) is 9.59 Å². The number of halogens is 2. The molecule has 16 heavy (non-hydrogen) atoms. The van der Waals surface area contributed by atoms with Crippen LogP contribution in [0, 0.1) is 0 Å². The monoisotopic (exact) mass is 364 g/mol. The fourth-order valence-electron chi connectivity index (χ4n) is 1.21. The second-order valence-electron chi connectivity index (χ2n) is 3.02. The van der Waals surface area contributed by atoms with Gasteiger partial charge in [0.05, 0.1) is 11.0 Å². The molecule has 2 aromatic heterocycles. The molecule has 0 aliphatic rings. The maximum atomic E-state index is 11.7. The first kappa shape index (κ1) is 11.8. The Labute approximate surface area is 111 Å². The first-order valence-electron chi connectivity index (χ1n) is 4.29. The van der Waals surface area contributed by atoms with Gasteiger partial charge in [-0.05, 0) is 43.3 Å². The fraction of sp³-hybridized carbons (Fsp3) is 0.111. The standard InChI is InChI=1S/C9H6Br2N2O2S/c10-5-1-2-16-7(5)4-13-8(14)6(11)3-12-9(13)15/h1-3H,4H2,(H,12,15). The van der Waals surface area contributed by atoms with E-state index >= 15 is 0 Å². The van der Waals surface area contributed by atoms with Crippen molar-refractivity contribution in [2.45, 2.75) is 6.54 Å². The minimum Gasteiger partial charge on any atom is -0.313 e. The Kier molecular flexibility index (Phi) is 3.46. The summed E-state index contributed by atoms with van der Waals surface area (Å²) in [5, 5.41) is 1.90. The predicted octanol–water partition coefficient (Wildman–Crippen LogP) is 2.17. The van der Waals surface area contributed by atoms with Crippen LogP contribution in [0.1, 0.15) is 4.88 Å². The highest BCUT2D eigenvalue weighted by Crippen LogP contribution is 2.22. The number of H-pyrrole nitrogens is 1. The number of hydrogen-bond acceptors (Lipinski definition) is 3. The molecular weight excluding hydrogens is 360 g/mol. The highest BCUT2D eigenvalue weighted by atomic mass is 79.9. The van der Waals surface area contributed by atoms with Crippen molar-refractivity contribution in [3.05, 3.63) is 52.3 Å². The van der Waals surface area contributed by atoms with Crippen molar-refractivity contribution in [2.24, 2.45) is 0 Å². The first-order chi connectivity index (χ1) is 7.59. The Morgan fingerprint density at radius 3 is 2.69 bits per heavy atom. The van der Waals surface area contributed by atoms with Crippen LogP contribution in [-0.4, -0.2) is 9.55 Å². The van der Waals surface area contributed by atoms with E-state index in [-0.39, 0.29) is 12.1 Å². The number of nitrogens with one attached hydrogen (secondary N) is 1. The molecule has 0 saturated carbocycles. The minimum absolute atomic E-state index is 0.270. The summed E-state index contributed by atoms with van der Waals surface area (Å²) in [7, 11) is 0. The van der Waals surface area contributed by atoms with E-state index in [1.807, 2.05) is 11.4 Å². The molecule has 7 heteroatoms. The van der Waals surface area contributed by atoms with Crippen LogP contribution in [-0.2, 0) is 6.54 Å². The second-order valence-corrected chi connectivity index (χ2v) is 5.73. The van der Waals surface area contributed by atoms with Gasteiger partial charge in [-0.2, -0.15) is 0 Å². The molecule has 0 unspecified atom stereocenters. The van der Waals surface area contributed by atoms with Crippen molar-refractivity contribution < 1.29 is 0 Å². The summed E-state index contributed by atoms with van der Waals surface area (Å²) in [6, 6.07) is 1.89. The summed E-state index contributed by atoms with van der Waals surface area (Å²) in [5.41, 5.74) is -0.738. The number of rotatable bonds is 2. The summed E-state index contributed by atoms with van der Waals surface area (Å²) in [4.78, 5) is 26.6. The van der Waals surface area contributed by atoms with Crippen molar-refractivity contribution in [1.82, 2.24) is 9.55 Å². The normalized spacial score (nSPS) is 10.6. The fourth-order valence-corrected chi connectivity index (χ4v) is 3.01. The van der Waals surface area contributed by atoms with E-state index < -0.39 is 5.69 Å². The lowest BCUT2D eigenvalue weighted by molar-refractivity contribution is 0.700. The molecule has 0 aliphatic heterocycles. The third-order valence-electron chi connectivity index (χ3n) is 2.01. The van der Waals surface area contributed by atoms with Gasteiger partial charge in [0, 0.05) is 15.5 Å². The number of aromatic nitrogens is 2. The lowest BCUT2D eigenvalue weighted by atomic mass is 10.4. The SMILES string of the molecule is O=c1[nH]cc(Br)c(=O)n1Cc1sccc1Br. The van der Waals surface area contributed by atoms with Gasteiger partial charge < -0.3 is 4.98 Å². The molecule has 0 fully saturated rings. The third kappa shape index (κ3) is 2.21. The number of hydrogen-bond donors (Lipinski definition) is 1. The van der Waals surface area contributed by atoms with E-state index in [0.29, 0.717) is 4.47 Å². The molecule has 0 spiro atoms. The van der Waals surface area contributed by atoms with Gasteiger partial charge in [0.2, 0.25) is 0 Å². The first-order valence-corrected chi connectivity index (χ1v) is 6.76. The van der Waals surface area contributed by atoms with E-state index in [1.165, 1.54) is 17.5 Å². The van der Waals surface area contributed by atoms with Gasteiger partial charge in [0.1, 0.15) is 0 Å². The zero-order chi connectivity index (χ0) is 11.7. The lowest BCUT2D eigenvalue weighted by Crippen LogP contribution is -2.35. The van der Waals surface area contributed by atoms with Crippen molar-refractivity contribution in [3.63, 3.8) is 0 Å². The van der Waals surface area contributed by atoms with Crippen LogP contribution >= 0.6 is 43.2 Å². The molecule has 2 heterocycles. The van der Waals surface area contributed by atoms with E-state index in [2.05, 4.69) is 36.8 Å². The van der Waals surface area contributed by atoms with Gasteiger partial charge in [-0.15, -0.1) is 11.3 Å². The highest BCUT2D eigenvalue weighted by Gasteiger charge is 2.08. The second kappa shape index (κ2) is 4.68. The van der Waals surface area contributed by atoms with Gasteiger partial charge in [-0.25, -0.2) is 4.79 Å². The van der Waals surface area contributed by atoms with E-state index in [0.717, 1.165) is 13.9 Å². The molecule has 0 atom stereocenters. The van der Waals surface area contributed by atoms with Crippen LogP contribution in [0.5, 0.6) is 0 Å². The summed E-state index contributed by atoms with van der Waals surface area (Å²) < 4.78 is 2.41. The Bertz CT molecular complexity index is 629. The summed E-state index contributed by atoms with van der Waals surface area (Å²) in [6.45, 7) is 0.270. The Morgan fingerprint density at radius 1 is 1.31 bits per heavy atom. The molecular formula is C9H6Br2N2O2S. The van der Waals surface area contributed by atoms with Gasteiger partial charge in [-0.1, -0.05) is 0 Å². The largest absolute Gasteiger partial charge is 0.328 e.